The molecule has 2 rings (SSSR count). The molecule has 2 aromatic rings. The molecule has 2 aromatic carbocycles. The van der Waals surface area contributed by atoms with Crippen molar-refractivity contribution in [3.05, 3.63) is 69.7 Å². The van der Waals surface area contributed by atoms with Gasteiger partial charge in [-0.25, -0.2) is 0 Å². The van der Waals surface area contributed by atoms with Crippen LogP contribution in [0.4, 0.5) is 0 Å². The summed E-state index contributed by atoms with van der Waals surface area (Å²) >= 11 is 3.47. The van der Waals surface area contributed by atoms with Crippen molar-refractivity contribution in [3.8, 4) is 0 Å². The second-order valence-corrected chi connectivity index (χ2v) is 5.69. The molecule has 0 fully saturated rings. The van der Waals surface area contributed by atoms with E-state index in [0.717, 1.165) is 17.4 Å². The molecule has 0 radical (unpaired) electrons. The van der Waals surface area contributed by atoms with Gasteiger partial charge in [-0.05, 0) is 42.2 Å². The minimum absolute atomic E-state index is 0.359. The fourth-order valence-corrected chi connectivity index (χ4v) is 2.47. The smallest absolute Gasteiger partial charge is 0.0294 e. The average molecular weight is 318 g/mol. The Morgan fingerprint density at radius 1 is 1.00 bits per heavy atom. The maximum atomic E-state index is 3.59. The van der Waals surface area contributed by atoms with Crippen LogP contribution in [-0.2, 0) is 13.0 Å². The summed E-state index contributed by atoms with van der Waals surface area (Å²) in [6, 6.07) is 17.5. The van der Waals surface area contributed by atoms with E-state index < -0.39 is 0 Å². The van der Waals surface area contributed by atoms with E-state index in [0.29, 0.717) is 6.04 Å². The molecular weight excluding hydrogens is 298 g/mol. The minimum Gasteiger partial charge on any atom is -0.306 e. The van der Waals surface area contributed by atoms with Crippen LogP contribution in [0.2, 0.25) is 0 Å². The lowest BCUT2D eigenvalue weighted by atomic mass is 10.0. The Balaban J connectivity index is 2.00. The zero-order valence-corrected chi connectivity index (χ0v) is 13.1. The molecule has 1 atom stereocenters. The lowest BCUT2D eigenvalue weighted by Crippen LogP contribution is -2.18. The Morgan fingerprint density at radius 3 is 2.26 bits per heavy atom. The molecule has 0 aliphatic rings. The highest BCUT2D eigenvalue weighted by molar-refractivity contribution is 9.10. The summed E-state index contributed by atoms with van der Waals surface area (Å²) in [5, 5.41) is 3.59. The molecule has 0 heterocycles. The first kappa shape index (κ1) is 14.3. The van der Waals surface area contributed by atoms with Gasteiger partial charge < -0.3 is 5.32 Å². The zero-order chi connectivity index (χ0) is 13.7. The van der Waals surface area contributed by atoms with Crippen molar-refractivity contribution in [2.24, 2.45) is 0 Å². The van der Waals surface area contributed by atoms with Crippen molar-refractivity contribution < 1.29 is 0 Å². The van der Waals surface area contributed by atoms with Crippen LogP contribution in [0.25, 0.3) is 0 Å². The number of nitrogens with one attached hydrogen (secondary N) is 1. The summed E-state index contributed by atoms with van der Waals surface area (Å²) in [6.07, 6.45) is 1.09. The number of benzene rings is 2. The molecule has 0 aliphatic heterocycles. The SMILES string of the molecule is CCc1ccccc1CNC(C)c1ccc(Br)cc1. The van der Waals surface area contributed by atoms with Gasteiger partial charge in [0.15, 0.2) is 0 Å². The Morgan fingerprint density at radius 2 is 1.63 bits per heavy atom. The number of hydrogen-bond donors (Lipinski definition) is 1. The van der Waals surface area contributed by atoms with Crippen LogP contribution in [0, 0.1) is 0 Å². The second-order valence-electron chi connectivity index (χ2n) is 4.78. The van der Waals surface area contributed by atoms with E-state index in [4.69, 9.17) is 0 Å². The van der Waals surface area contributed by atoms with Crippen LogP contribution in [0.1, 0.15) is 36.6 Å². The Labute approximate surface area is 124 Å². The molecule has 19 heavy (non-hydrogen) atoms. The van der Waals surface area contributed by atoms with E-state index in [2.05, 4.69) is 83.6 Å². The Hall–Kier alpha value is -1.12. The normalized spacial score (nSPS) is 12.4. The number of rotatable bonds is 5. The quantitative estimate of drug-likeness (QED) is 0.830. The van der Waals surface area contributed by atoms with Crippen molar-refractivity contribution in [1.29, 1.82) is 0 Å². The molecule has 100 valence electrons. The van der Waals surface area contributed by atoms with Crippen molar-refractivity contribution in [3.63, 3.8) is 0 Å². The highest BCUT2D eigenvalue weighted by Crippen LogP contribution is 2.17. The third-order valence-corrected chi connectivity index (χ3v) is 4.00. The van der Waals surface area contributed by atoms with Gasteiger partial charge in [0.05, 0.1) is 0 Å². The van der Waals surface area contributed by atoms with Gasteiger partial charge in [0.25, 0.3) is 0 Å². The summed E-state index contributed by atoms with van der Waals surface area (Å²) in [7, 11) is 0. The first-order valence-electron chi connectivity index (χ1n) is 6.76. The van der Waals surface area contributed by atoms with Gasteiger partial charge >= 0.3 is 0 Å². The first-order valence-corrected chi connectivity index (χ1v) is 7.55. The third kappa shape index (κ3) is 3.92. The van der Waals surface area contributed by atoms with E-state index in [1.807, 2.05) is 0 Å². The fourth-order valence-electron chi connectivity index (χ4n) is 2.21. The molecule has 0 aromatic heterocycles. The summed E-state index contributed by atoms with van der Waals surface area (Å²) in [5.74, 6) is 0. The summed E-state index contributed by atoms with van der Waals surface area (Å²) in [4.78, 5) is 0. The highest BCUT2D eigenvalue weighted by atomic mass is 79.9. The molecule has 1 N–H and O–H groups in total. The summed E-state index contributed by atoms with van der Waals surface area (Å²) in [5.41, 5.74) is 4.14. The fraction of sp³-hybridized carbons (Fsp3) is 0.294. The van der Waals surface area contributed by atoms with Gasteiger partial charge in [0.2, 0.25) is 0 Å². The van der Waals surface area contributed by atoms with Crippen molar-refractivity contribution in [1.82, 2.24) is 5.32 Å². The van der Waals surface area contributed by atoms with E-state index >= 15 is 0 Å². The van der Waals surface area contributed by atoms with E-state index in [-0.39, 0.29) is 0 Å². The van der Waals surface area contributed by atoms with Crippen LogP contribution in [0.3, 0.4) is 0 Å². The average Bonchev–Trinajstić information content (AvgIpc) is 2.45. The lowest BCUT2D eigenvalue weighted by molar-refractivity contribution is 0.572. The molecule has 0 saturated heterocycles. The molecule has 0 saturated carbocycles. The predicted octanol–water partition coefficient (Wildman–Crippen LogP) is 4.86. The Bertz CT molecular complexity index is 519. The first-order chi connectivity index (χ1) is 9.20. The van der Waals surface area contributed by atoms with E-state index in [1.165, 1.54) is 16.7 Å². The predicted molar refractivity (Wildman–Crippen MR) is 85.2 cm³/mol. The molecule has 1 unspecified atom stereocenters. The van der Waals surface area contributed by atoms with Crippen molar-refractivity contribution in [2.75, 3.05) is 0 Å². The standard InChI is InChI=1S/C17H20BrN/c1-3-14-6-4-5-7-16(14)12-19-13(2)15-8-10-17(18)11-9-15/h4-11,13,19H,3,12H2,1-2H3. The zero-order valence-electron chi connectivity index (χ0n) is 11.5. The van der Waals surface area contributed by atoms with Gasteiger partial charge in [-0.3, -0.25) is 0 Å². The second kappa shape index (κ2) is 6.88. The largest absolute Gasteiger partial charge is 0.306 e. The number of hydrogen-bond acceptors (Lipinski definition) is 1. The number of halogens is 1. The molecular formula is C17H20BrN. The summed E-state index contributed by atoms with van der Waals surface area (Å²) in [6.45, 7) is 5.33. The molecule has 1 nitrogen and oxygen atoms in total. The molecule has 0 aliphatic carbocycles. The van der Waals surface area contributed by atoms with Gasteiger partial charge in [-0.1, -0.05) is 59.3 Å². The molecule has 2 heteroatoms. The van der Waals surface area contributed by atoms with E-state index in [1.54, 1.807) is 0 Å². The summed E-state index contributed by atoms with van der Waals surface area (Å²) < 4.78 is 1.12. The molecule has 0 spiro atoms. The molecule has 0 bridgehead atoms. The minimum atomic E-state index is 0.359. The van der Waals surface area contributed by atoms with Gasteiger partial charge in [-0.2, -0.15) is 0 Å². The topological polar surface area (TPSA) is 12.0 Å². The third-order valence-electron chi connectivity index (χ3n) is 3.47. The number of aryl methyl sites for hydroxylation is 1. The highest BCUT2D eigenvalue weighted by Gasteiger charge is 2.06. The van der Waals surface area contributed by atoms with Gasteiger partial charge in [-0.15, -0.1) is 0 Å². The van der Waals surface area contributed by atoms with Crippen LogP contribution in [0.5, 0.6) is 0 Å². The van der Waals surface area contributed by atoms with E-state index in [9.17, 15) is 0 Å². The monoisotopic (exact) mass is 317 g/mol. The lowest BCUT2D eigenvalue weighted by Gasteiger charge is -2.16. The van der Waals surface area contributed by atoms with Crippen molar-refractivity contribution >= 4 is 15.9 Å². The van der Waals surface area contributed by atoms with Gasteiger partial charge in [0.1, 0.15) is 0 Å². The van der Waals surface area contributed by atoms with Crippen LogP contribution < -0.4 is 5.32 Å². The Kier molecular flexibility index (Phi) is 5.17. The van der Waals surface area contributed by atoms with Crippen LogP contribution in [0.15, 0.2) is 53.0 Å². The van der Waals surface area contributed by atoms with Crippen LogP contribution in [-0.4, -0.2) is 0 Å². The van der Waals surface area contributed by atoms with Gasteiger partial charge in [0, 0.05) is 17.1 Å². The maximum Gasteiger partial charge on any atom is 0.0294 e. The van der Waals surface area contributed by atoms with Crippen LogP contribution >= 0.6 is 15.9 Å². The molecule has 0 amide bonds. The maximum absolute atomic E-state index is 3.59. The van der Waals surface area contributed by atoms with Crippen molar-refractivity contribution in [2.45, 2.75) is 32.9 Å².